The second-order valence-electron chi connectivity index (χ2n) is 6.16. The van der Waals surface area contributed by atoms with Crippen LogP contribution in [-0.2, 0) is 6.54 Å². The third-order valence-corrected chi connectivity index (χ3v) is 4.28. The Balaban J connectivity index is 1.65. The number of carbonyl (C=O) groups excluding carboxylic acids is 1. The lowest BCUT2D eigenvalue weighted by Crippen LogP contribution is -2.25. The fourth-order valence-corrected chi connectivity index (χ4v) is 2.96. The Morgan fingerprint density at radius 3 is 2.39 bits per heavy atom. The molecule has 0 saturated heterocycles. The third-order valence-electron chi connectivity index (χ3n) is 4.28. The van der Waals surface area contributed by atoms with Gasteiger partial charge in [-0.05, 0) is 25.5 Å². The van der Waals surface area contributed by atoms with Crippen LogP contribution in [-0.4, -0.2) is 31.8 Å². The van der Waals surface area contributed by atoms with Crippen LogP contribution in [0.25, 0.3) is 11.0 Å². The molecule has 0 radical (unpaired) electrons. The second-order valence-corrected chi connectivity index (χ2v) is 6.16. The number of fused-ring (bicyclic) bond motifs is 1. The summed E-state index contributed by atoms with van der Waals surface area (Å²) in [4.78, 5) is 37.0. The van der Waals surface area contributed by atoms with Gasteiger partial charge in [0.05, 0.1) is 32.5 Å². The van der Waals surface area contributed by atoms with Gasteiger partial charge in [-0.3, -0.25) is 25.0 Å². The minimum atomic E-state index is -0.767. The number of hydrogen-bond donors (Lipinski definition) is 1. The summed E-state index contributed by atoms with van der Waals surface area (Å²) in [7, 11) is 0. The Labute approximate surface area is 159 Å². The van der Waals surface area contributed by atoms with Crippen LogP contribution in [0.15, 0.2) is 42.5 Å². The first kappa shape index (κ1) is 19.0. The number of amides is 1. The van der Waals surface area contributed by atoms with Gasteiger partial charge in [-0.1, -0.05) is 12.1 Å². The Morgan fingerprint density at radius 2 is 1.75 bits per heavy atom. The van der Waals surface area contributed by atoms with Gasteiger partial charge < -0.3 is 9.88 Å². The number of nitrogens with one attached hydrogen (secondary N) is 1. The number of imidazole rings is 1. The van der Waals surface area contributed by atoms with E-state index in [1.54, 1.807) is 0 Å². The van der Waals surface area contributed by atoms with Gasteiger partial charge >= 0.3 is 0 Å². The molecule has 0 spiro atoms. The number of aromatic nitrogens is 2. The number of para-hydroxylation sites is 2. The molecular weight excluding hydrogens is 366 g/mol. The first-order valence-electron chi connectivity index (χ1n) is 8.51. The molecule has 1 aromatic heterocycles. The summed E-state index contributed by atoms with van der Waals surface area (Å²) in [6.07, 6.45) is 0.601. The SMILES string of the molecule is Cc1nc2ccccc2n1CCCNC(=O)c1cc([N+](=O)[O-])cc([N+](=O)[O-])c1. The van der Waals surface area contributed by atoms with Crippen LogP contribution in [0.2, 0.25) is 0 Å². The molecule has 10 heteroatoms. The lowest BCUT2D eigenvalue weighted by atomic mass is 10.1. The maximum absolute atomic E-state index is 12.3. The van der Waals surface area contributed by atoms with E-state index in [-0.39, 0.29) is 5.56 Å². The van der Waals surface area contributed by atoms with Gasteiger partial charge in [0.25, 0.3) is 17.3 Å². The molecule has 1 heterocycles. The van der Waals surface area contributed by atoms with Crippen molar-refractivity contribution in [2.24, 2.45) is 0 Å². The highest BCUT2D eigenvalue weighted by atomic mass is 16.6. The fourth-order valence-electron chi connectivity index (χ4n) is 2.96. The van der Waals surface area contributed by atoms with Crippen LogP contribution in [0.4, 0.5) is 11.4 Å². The topological polar surface area (TPSA) is 133 Å². The first-order valence-corrected chi connectivity index (χ1v) is 8.51. The molecular formula is C18H17N5O5. The number of nitrogens with zero attached hydrogens (tertiary/aromatic N) is 4. The maximum Gasteiger partial charge on any atom is 0.277 e. The molecule has 1 amide bonds. The fraction of sp³-hybridized carbons (Fsp3) is 0.222. The Morgan fingerprint density at radius 1 is 1.11 bits per heavy atom. The normalized spacial score (nSPS) is 10.8. The molecule has 3 aromatic rings. The molecule has 0 aliphatic heterocycles. The van der Waals surface area contributed by atoms with E-state index in [1.807, 2.05) is 35.8 Å². The molecule has 10 nitrogen and oxygen atoms in total. The van der Waals surface area contributed by atoms with Crippen LogP contribution in [0.3, 0.4) is 0 Å². The molecule has 0 unspecified atom stereocenters. The molecule has 0 fully saturated rings. The summed E-state index contributed by atoms with van der Waals surface area (Å²) in [5.74, 6) is 0.265. The van der Waals surface area contributed by atoms with Crippen LogP contribution < -0.4 is 5.32 Å². The number of nitro groups is 2. The zero-order chi connectivity index (χ0) is 20.3. The van der Waals surface area contributed by atoms with E-state index in [4.69, 9.17) is 0 Å². The van der Waals surface area contributed by atoms with Crippen molar-refractivity contribution in [3.05, 3.63) is 74.1 Å². The Bertz CT molecular complexity index is 1040. The van der Waals surface area contributed by atoms with Gasteiger partial charge in [-0.25, -0.2) is 4.98 Å². The van der Waals surface area contributed by atoms with Gasteiger partial charge in [0.2, 0.25) is 0 Å². The van der Waals surface area contributed by atoms with Crippen LogP contribution >= 0.6 is 0 Å². The predicted molar refractivity (Wildman–Crippen MR) is 101 cm³/mol. The first-order chi connectivity index (χ1) is 13.4. The van der Waals surface area contributed by atoms with Crippen LogP contribution in [0.5, 0.6) is 0 Å². The predicted octanol–water partition coefficient (Wildman–Crippen LogP) is 2.98. The monoisotopic (exact) mass is 383 g/mol. The van der Waals surface area contributed by atoms with Crippen molar-refractivity contribution in [2.45, 2.75) is 19.9 Å². The second kappa shape index (κ2) is 7.82. The van der Waals surface area contributed by atoms with Crippen LogP contribution in [0, 0.1) is 27.2 Å². The largest absolute Gasteiger partial charge is 0.352 e. The number of rotatable bonds is 7. The summed E-state index contributed by atoms with van der Waals surface area (Å²) in [6, 6.07) is 10.6. The van der Waals surface area contributed by atoms with Gasteiger partial charge in [-0.2, -0.15) is 0 Å². The van der Waals surface area contributed by atoms with Gasteiger partial charge in [0.1, 0.15) is 5.82 Å². The summed E-state index contributed by atoms with van der Waals surface area (Å²) in [6.45, 7) is 2.84. The van der Waals surface area contributed by atoms with Gasteiger partial charge in [-0.15, -0.1) is 0 Å². The van der Waals surface area contributed by atoms with Crippen molar-refractivity contribution < 1.29 is 14.6 Å². The zero-order valence-electron chi connectivity index (χ0n) is 15.0. The molecule has 28 heavy (non-hydrogen) atoms. The highest BCUT2D eigenvalue weighted by molar-refractivity contribution is 5.95. The standard InChI is InChI=1S/C18H17N5O5/c1-12-20-16-5-2-3-6-17(16)21(12)8-4-7-19-18(24)13-9-14(22(25)26)11-15(10-13)23(27)28/h2-3,5-6,9-11H,4,7-8H2,1H3,(H,19,24). The van der Waals surface area contributed by atoms with Crippen molar-refractivity contribution in [1.29, 1.82) is 0 Å². The molecule has 0 bridgehead atoms. The smallest absolute Gasteiger partial charge is 0.277 e. The maximum atomic E-state index is 12.3. The van der Waals surface area contributed by atoms with Crippen molar-refractivity contribution in [3.8, 4) is 0 Å². The highest BCUT2D eigenvalue weighted by Crippen LogP contribution is 2.22. The van der Waals surface area contributed by atoms with E-state index < -0.39 is 27.1 Å². The van der Waals surface area contributed by atoms with E-state index in [1.165, 1.54) is 0 Å². The highest BCUT2D eigenvalue weighted by Gasteiger charge is 2.19. The lowest BCUT2D eigenvalue weighted by molar-refractivity contribution is -0.394. The number of aryl methyl sites for hydroxylation is 2. The van der Waals surface area contributed by atoms with E-state index in [0.29, 0.717) is 19.5 Å². The molecule has 1 N–H and O–H groups in total. The minimum Gasteiger partial charge on any atom is -0.352 e. The summed E-state index contributed by atoms with van der Waals surface area (Å²) < 4.78 is 2.04. The molecule has 0 saturated carbocycles. The number of hydrogen-bond acceptors (Lipinski definition) is 6. The summed E-state index contributed by atoms with van der Waals surface area (Å²) in [5.41, 5.74) is 0.776. The van der Waals surface area contributed by atoms with Gasteiger partial charge in [0.15, 0.2) is 0 Å². The number of benzene rings is 2. The molecule has 3 rings (SSSR count). The van der Waals surface area contributed by atoms with Crippen molar-refractivity contribution >= 4 is 28.3 Å². The Kier molecular flexibility index (Phi) is 5.30. The number of carbonyl (C=O) groups is 1. The zero-order valence-corrected chi connectivity index (χ0v) is 15.0. The molecule has 144 valence electrons. The minimum absolute atomic E-state index is 0.120. The number of nitro benzene ring substituents is 2. The number of non-ortho nitro benzene ring substituents is 2. The van der Waals surface area contributed by atoms with E-state index in [2.05, 4.69) is 10.3 Å². The van der Waals surface area contributed by atoms with E-state index in [9.17, 15) is 25.0 Å². The van der Waals surface area contributed by atoms with Crippen molar-refractivity contribution in [1.82, 2.24) is 14.9 Å². The lowest BCUT2D eigenvalue weighted by Gasteiger charge is -2.08. The van der Waals surface area contributed by atoms with Crippen LogP contribution in [0.1, 0.15) is 22.6 Å². The van der Waals surface area contributed by atoms with E-state index >= 15 is 0 Å². The molecule has 0 aliphatic rings. The third kappa shape index (κ3) is 3.95. The average Bonchev–Trinajstić information content (AvgIpc) is 2.99. The molecule has 0 atom stereocenters. The van der Waals surface area contributed by atoms with Crippen molar-refractivity contribution in [2.75, 3.05) is 6.54 Å². The van der Waals surface area contributed by atoms with Gasteiger partial charge in [0, 0.05) is 25.2 Å². The summed E-state index contributed by atoms with van der Waals surface area (Å²) >= 11 is 0. The summed E-state index contributed by atoms with van der Waals surface area (Å²) in [5, 5.41) is 24.5. The quantitative estimate of drug-likeness (QED) is 0.379. The van der Waals surface area contributed by atoms with Crippen molar-refractivity contribution in [3.63, 3.8) is 0 Å². The molecule has 0 aliphatic carbocycles. The van der Waals surface area contributed by atoms with E-state index in [0.717, 1.165) is 35.1 Å². The average molecular weight is 383 g/mol. The molecule has 2 aromatic carbocycles. The Hall–Kier alpha value is -3.82.